The highest BCUT2D eigenvalue weighted by molar-refractivity contribution is 7.99. The van der Waals surface area contributed by atoms with Crippen LogP contribution in [-0.2, 0) is 0 Å². The topological polar surface area (TPSA) is 6.48 Å². The third kappa shape index (κ3) is 3.43. The van der Waals surface area contributed by atoms with Gasteiger partial charge in [-0.05, 0) is 37.4 Å². The summed E-state index contributed by atoms with van der Waals surface area (Å²) in [6.45, 7) is 8.83. The van der Waals surface area contributed by atoms with Gasteiger partial charge < -0.3 is 22.2 Å². The molecule has 0 aromatic heterocycles. The Hall–Kier alpha value is -1.16. The van der Waals surface area contributed by atoms with Gasteiger partial charge in [0.05, 0.1) is 11.4 Å². The molecular weight excluding hydrogens is 312 g/mol. The van der Waals surface area contributed by atoms with Crippen LogP contribution in [0.4, 0.5) is 11.4 Å². The van der Waals surface area contributed by atoms with Crippen LogP contribution in [0.15, 0.2) is 58.3 Å². The van der Waals surface area contributed by atoms with Crippen molar-refractivity contribution in [2.24, 2.45) is 0 Å². The Labute approximate surface area is 145 Å². The van der Waals surface area contributed by atoms with Crippen LogP contribution in [0, 0.1) is 0 Å². The van der Waals surface area contributed by atoms with Crippen molar-refractivity contribution in [3.63, 3.8) is 0 Å². The van der Waals surface area contributed by atoms with Gasteiger partial charge in [-0.3, -0.25) is 0 Å². The summed E-state index contributed by atoms with van der Waals surface area (Å²) in [5.74, 6) is 0. The third-order valence-corrected chi connectivity index (χ3v) is 5.20. The second-order valence-corrected chi connectivity index (χ2v) is 6.30. The van der Waals surface area contributed by atoms with Gasteiger partial charge in [0.2, 0.25) is 0 Å². The molecule has 2 aromatic carbocycles. The Kier molecular flexibility index (Phi) is 6.18. The fourth-order valence-corrected chi connectivity index (χ4v) is 3.90. The number of hydrogen-bond acceptors (Lipinski definition) is 3. The summed E-state index contributed by atoms with van der Waals surface area (Å²) in [5.41, 5.74) is 2.68. The predicted octanol–water partition coefficient (Wildman–Crippen LogP) is 1.75. The van der Waals surface area contributed by atoms with Crippen molar-refractivity contribution in [3.05, 3.63) is 48.5 Å². The number of benzene rings is 2. The standard InChI is InChI=1S/C18H22N2S.ClH/c1-3-19(4-2)13-14-20-15-9-5-7-11-17(15)21-18-12-8-6-10-16(18)20;/h5-12H,3-4,13-14H2,1-2H3;1H. The Morgan fingerprint density at radius 1 is 0.909 bits per heavy atom. The van der Waals surface area contributed by atoms with E-state index in [-0.39, 0.29) is 13.8 Å². The van der Waals surface area contributed by atoms with Gasteiger partial charge in [0.1, 0.15) is 0 Å². The highest BCUT2D eigenvalue weighted by Crippen LogP contribution is 2.47. The van der Waals surface area contributed by atoms with Gasteiger partial charge in [-0.2, -0.15) is 0 Å². The third-order valence-electron chi connectivity index (χ3n) is 4.07. The Balaban J connectivity index is 0.00000132. The molecule has 2 nitrogen and oxygen atoms in total. The molecule has 1 heterocycles. The van der Waals surface area contributed by atoms with Crippen molar-refractivity contribution in [1.29, 1.82) is 0 Å². The van der Waals surface area contributed by atoms with Gasteiger partial charge in [-0.15, -0.1) is 0 Å². The maximum absolute atomic E-state index is 2.48. The number of rotatable bonds is 5. The number of likely N-dealkylation sites (N-methyl/N-ethyl adjacent to an activating group) is 1. The number of hydrogen-bond donors (Lipinski definition) is 0. The van der Waals surface area contributed by atoms with E-state index in [1.807, 2.05) is 11.8 Å². The minimum atomic E-state index is 0. The first-order valence-corrected chi connectivity index (χ1v) is 8.51. The molecule has 4 heteroatoms. The summed E-state index contributed by atoms with van der Waals surface area (Å²) in [6, 6.07) is 17.4. The van der Waals surface area contributed by atoms with Gasteiger partial charge in [-0.25, -0.2) is 0 Å². The average molecular weight is 335 g/mol. The molecule has 0 bridgehead atoms. The maximum Gasteiger partial charge on any atom is 1.00 e. The minimum Gasteiger partial charge on any atom is -1.00 e. The highest BCUT2D eigenvalue weighted by Gasteiger charge is 2.22. The first kappa shape index (κ1) is 17.2. The molecule has 0 spiro atoms. The quantitative estimate of drug-likeness (QED) is 0.822. The van der Waals surface area contributed by atoms with Crippen LogP contribution in [-0.4, -0.2) is 31.1 Å². The molecule has 0 fully saturated rings. The molecule has 0 saturated heterocycles. The zero-order chi connectivity index (χ0) is 14.7. The van der Waals surface area contributed by atoms with Crippen molar-refractivity contribution in [3.8, 4) is 0 Å². The molecular formula is C18H23ClN2S. The van der Waals surface area contributed by atoms with E-state index in [1.165, 1.54) is 21.2 Å². The van der Waals surface area contributed by atoms with Crippen LogP contribution >= 0.6 is 11.8 Å². The lowest BCUT2D eigenvalue weighted by atomic mass is 10.2. The van der Waals surface area contributed by atoms with Crippen molar-refractivity contribution >= 4 is 23.1 Å². The Morgan fingerprint density at radius 2 is 1.41 bits per heavy atom. The normalized spacial score (nSPS) is 12.6. The molecule has 118 valence electrons. The molecule has 1 aliphatic rings. The van der Waals surface area contributed by atoms with E-state index >= 15 is 0 Å². The molecule has 0 atom stereocenters. The molecule has 2 aromatic rings. The second-order valence-electron chi connectivity index (χ2n) is 5.22. The molecule has 1 aliphatic heterocycles. The molecule has 22 heavy (non-hydrogen) atoms. The fraction of sp³-hybridized carbons (Fsp3) is 0.333. The molecule has 0 amide bonds. The zero-order valence-corrected chi connectivity index (χ0v) is 14.7. The van der Waals surface area contributed by atoms with E-state index in [9.17, 15) is 0 Å². The summed E-state index contributed by atoms with van der Waals surface area (Å²) in [7, 11) is 0. The smallest absolute Gasteiger partial charge is 1.00 e. The zero-order valence-electron chi connectivity index (χ0n) is 14.1. The lowest BCUT2D eigenvalue weighted by Gasteiger charge is -2.34. The number of fused-ring (bicyclic) bond motifs is 2. The number of anilines is 2. The molecule has 0 unspecified atom stereocenters. The van der Waals surface area contributed by atoms with Crippen LogP contribution in [0.25, 0.3) is 0 Å². The van der Waals surface area contributed by atoms with Crippen LogP contribution in [0.2, 0.25) is 0 Å². The predicted molar refractivity (Wildman–Crippen MR) is 92.9 cm³/mol. The summed E-state index contributed by atoms with van der Waals surface area (Å²) >= 11 is 1.88. The molecule has 3 rings (SSSR count). The highest BCUT2D eigenvalue weighted by atomic mass is 35.5. The van der Waals surface area contributed by atoms with Gasteiger partial charge in [0.15, 0.2) is 0 Å². The second kappa shape index (κ2) is 7.91. The van der Waals surface area contributed by atoms with Crippen LogP contribution in [0.3, 0.4) is 0 Å². The lowest BCUT2D eigenvalue weighted by molar-refractivity contribution is -0.00000426. The largest absolute Gasteiger partial charge is 1.00 e. The lowest BCUT2D eigenvalue weighted by Crippen LogP contribution is -3.00. The Bertz CT molecular complexity index is 574. The monoisotopic (exact) mass is 334 g/mol. The maximum atomic E-state index is 2.48. The van der Waals surface area contributed by atoms with Gasteiger partial charge in [0, 0.05) is 22.9 Å². The first-order chi connectivity index (χ1) is 10.3. The number of nitrogens with zero attached hydrogens (tertiary/aromatic N) is 2. The molecule has 0 radical (unpaired) electrons. The molecule has 0 saturated carbocycles. The van der Waals surface area contributed by atoms with E-state index in [1.54, 1.807) is 0 Å². The van der Waals surface area contributed by atoms with Gasteiger partial charge in [-0.1, -0.05) is 49.9 Å². The summed E-state index contributed by atoms with van der Waals surface area (Å²) in [5, 5.41) is 0. The van der Waals surface area contributed by atoms with Crippen LogP contribution in [0.1, 0.15) is 15.3 Å². The van der Waals surface area contributed by atoms with Gasteiger partial charge in [0.25, 0.3) is 0 Å². The molecule has 0 aliphatic carbocycles. The van der Waals surface area contributed by atoms with E-state index < -0.39 is 0 Å². The summed E-state index contributed by atoms with van der Waals surface area (Å²) in [4.78, 5) is 7.67. The summed E-state index contributed by atoms with van der Waals surface area (Å²) < 4.78 is 0. The first-order valence-electron chi connectivity index (χ1n) is 7.69. The molecule has 0 N–H and O–H groups in total. The fourth-order valence-electron chi connectivity index (χ4n) is 2.80. The van der Waals surface area contributed by atoms with Crippen molar-refractivity contribution in [2.45, 2.75) is 23.6 Å². The average Bonchev–Trinajstić information content (AvgIpc) is 2.54. The van der Waals surface area contributed by atoms with E-state index in [4.69, 9.17) is 0 Å². The van der Waals surface area contributed by atoms with Gasteiger partial charge >= 0.3 is 1.43 Å². The summed E-state index contributed by atoms with van der Waals surface area (Å²) in [6.07, 6.45) is 0. The van der Waals surface area contributed by atoms with Crippen molar-refractivity contribution < 1.29 is 13.8 Å². The SMILES string of the molecule is CCN(CC)CCN1c2ccccc2Sc2ccccc21.[Cl-].[H+]. The number of halogens is 1. The van der Waals surface area contributed by atoms with E-state index in [0.717, 1.165) is 26.2 Å². The van der Waals surface area contributed by atoms with Crippen molar-refractivity contribution in [1.82, 2.24) is 4.90 Å². The van der Waals surface area contributed by atoms with E-state index in [0.29, 0.717) is 0 Å². The number of para-hydroxylation sites is 2. The van der Waals surface area contributed by atoms with Crippen LogP contribution < -0.4 is 17.3 Å². The van der Waals surface area contributed by atoms with Crippen molar-refractivity contribution in [2.75, 3.05) is 31.1 Å². The Morgan fingerprint density at radius 3 is 1.91 bits per heavy atom. The minimum absolute atomic E-state index is 0. The van der Waals surface area contributed by atoms with E-state index in [2.05, 4.69) is 72.2 Å². The van der Waals surface area contributed by atoms with Crippen LogP contribution in [0.5, 0.6) is 0 Å².